The molecule has 0 bridgehead atoms. The molecule has 1 aliphatic rings. The first kappa shape index (κ1) is 14.0. The van der Waals surface area contributed by atoms with Crippen molar-refractivity contribution in [2.45, 2.75) is 45.1 Å². The van der Waals surface area contributed by atoms with E-state index in [1.54, 1.807) is 0 Å². The van der Waals surface area contributed by atoms with E-state index in [1.807, 2.05) is 11.3 Å². The molecule has 1 fully saturated rings. The van der Waals surface area contributed by atoms with Crippen LogP contribution in [0.1, 0.15) is 37.5 Å². The van der Waals surface area contributed by atoms with Crippen LogP contribution in [-0.2, 0) is 6.42 Å². The first-order valence-corrected chi connectivity index (χ1v) is 8.24. The van der Waals surface area contributed by atoms with E-state index in [0.29, 0.717) is 0 Å². The van der Waals surface area contributed by atoms with Crippen LogP contribution < -0.4 is 5.32 Å². The van der Waals surface area contributed by atoms with Gasteiger partial charge < -0.3 is 10.2 Å². The Balaban J connectivity index is 1.64. The maximum atomic E-state index is 3.74. The molecule has 0 radical (unpaired) electrons. The molecule has 1 unspecified atom stereocenters. The van der Waals surface area contributed by atoms with Crippen LogP contribution in [0.3, 0.4) is 0 Å². The molecular formula is C15H26N2S. The van der Waals surface area contributed by atoms with Gasteiger partial charge in [0.15, 0.2) is 0 Å². The van der Waals surface area contributed by atoms with Gasteiger partial charge in [0.25, 0.3) is 0 Å². The summed E-state index contributed by atoms with van der Waals surface area (Å²) < 4.78 is 0. The number of nitrogens with one attached hydrogen (secondary N) is 1. The highest BCUT2D eigenvalue weighted by molar-refractivity contribution is 7.09. The zero-order valence-corrected chi connectivity index (χ0v) is 12.3. The molecule has 0 spiro atoms. The third-order valence-corrected chi connectivity index (χ3v) is 4.68. The number of thiophene rings is 1. The fourth-order valence-corrected chi connectivity index (χ4v) is 3.46. The van der Waals surface area contributed by atoms with Crippen LogP contribution in [0.2, 0.25) is 0 Å². The molecule has 0 aliphatic carbocycles. The van der Waals surface area contributed by atoms with Gasteiger partial charge in [-0.15, -0.1) is 11.3 Å². The second-order valence-corrected chi connectivity index (χ2v) is 6.29. The van der Waals surface area contributed by atoms with E-state index in [9.17, 15) is 0 Å². The van der Waals surface area contributed by atoms with Crippen LogP contribution >= 0.6 is 11.3 Å². The second-order valence-electron chi connectivity index (χ2n) is 5.25. The molecule has 1 aliphatic heterocycles. The molecule has 2 nitrogen and oxygen atoms in total. The van der Waals surface area contributed by atoms with Crippen molar-refractivity contribution < 1.29 is 0 Å². The van der Waals surface area contributed by atoms with Crippen LogP contribution in [0.25, 0.3) is 0 Å². The van der Waals surface area contributed by atoms with Crippen molar-refractivity contribution in [1.29, 1.82) is 0 Å². The van der Waals surface area contributed by atoms with E-state index in [1.165, 1.54) is 56.6 Å². The molecule has 2 rings (SSSR count). The Kier molecular flexibility index (Phi) is 6.18. The summed E-state index contributed by atoms with van der Waals surface area (Å²) in [6.45, 7) is 7.28. The molecule has 102 valence electrons. The predicted octanol–water partition coefficient (Wildman–Crippen LogP) is 3.14. The number of hydrogen-bond donors (Lipinski definition) is 1. The summed E-state index contributed by atoms with van der Waals surface area (Å²) in [7, 11) is 0. The van der Waals surface area contributed by atoms with Crippen LogP contribution in [0.5, 0.6) is 0 Å². The fraction of sp³-hybridized carbons (Fsp3) is 0.733. The van der Waals surface area contributed by atoms with Gasteiger partial charge in [0.05, 0.1) is 0 Å². The zero-order valence-electron chi connectivity index (χ0n) is 11.5. The van der Waals surface area contributed by atoms with Crippen molar-refractivity contribution in [3.05, 3.63) is 22.4 Å². The second kappa shape index (κ2) is 7.93. The molecular weight excluding hydrogens is 240 g/mol. The van der Waals surface area contributed by atoms with Gasteiger partial charge in [-0.2, -0.15) is 0 Å². The van der Waals surface area contributed by atoms with Gasteiger partial charge in [0.1, 0.15) is 0 Å². The normalized spacial score (nSPS) is 21.9. The minimum absolute atomic E-state index is 0.742. The van der Waals surface area contributed by atoms with Gasteiger partial charge in [-0.25, -0.2) is 0 Å². The summed E-state index contributed by atoms with van der Waals surface area (Å²) in [6.07, 6.45) is 6.51. The summed E-state index contributed by atoms with van der Waals surface area (Å²) in [4.78, 5) is 4.13. The molecule has 0 aromatic carbocycles. The van der Waals surface area contributed by atoms with Gasteiger partial charge in [0.2, 0.25) is 0 Å². The molecule has 0 amide bonds. The SMILES string of the molecule is CCCN1CCCC(NCCc2cccs2)CC1. The Bertz CT molecular complexity index is 310. The lowest BCUT2D eigenvalue weighted by atomic mass is 10.1. The lowest BCUT2D eigenvalue weighted by molar-refractivity contribution is 0.283. The highest BCUT2D eigenvalue weighted by Gasteiger charge is 2.15. The highest BCUT2D eigenvalue weighted by Crippen LogP contribution is 2.12. The lowest BCUT2D eigenvalue weighted by Crippen LogP contribution is -2.32. The van der Waals surface area contributed by atoms with E-state index in [0.717, 1.165) is 12.6 Å². The number of hydrogen-bond acceptors (Lipinski definition) is 3. The Hall–Kier alpha value is -0.380. The van der Waals surface area contributed by atoms with Crippen LogP contribution in [-0.4, -0.2) is 37.1 Å². The third kappa shape index (κ3) is 4.71. The lowest BCUT2D eigenvalue weighted by Gasteiger charge is -2.19. The Morgan fingerprint density at radius 3 is 3.11 bits per heavy atom. The van der Waals surface area contributed by atoms with Gasteiger partial charge in [-0.1, -0.05) is 13.0 Å². The van der Waals surface area contributed by atoms with Gasteiger partial charge in [0, 0.05) is 17.5 Å². The van der Waals surface area contributed by atoms with Gasteiger partial charge >= 0.3 is 0 Å². The maximum absolute atomic E-state index is 3.74. The molecule has 2 heterocycles. The Morgan fingerprint density at radius 2 is 2.33 bits per heavy atom. The van der Waals surface area contributed by atoms with Gasteiger partial charge in [-0.3, -0.25) is 0 Å². The van der Waals surface area contributed by atoms with E-state index in [2.05, 4.69) is 34.7 Å². The third-order valence-electron chi connectivity index (χ3n) is 3.75. The van der Waals surface area contributed by atoms with Crippen molar-refractivity contribution in [2.75, 3.05) is 26.2 Å². The molecule has 1 atom stereocenters. The first-order chi connectivity index (χ1) is 8.88. The minimum atomic E-state index is 0.742. The molecule has 3 heteroatoms. The van der Waals surface area contributed by atoms with Crippen molar-refractivity contribution in [2.24, 2.45) is 0 Å². The summed E-state index contributed by atoms with van der Waals surface area (Å²) in [5, 5.41) is 5.91. The van der Waals surface area contributed by atoms with Gasteiger partial charge in [-0.05, 0) is 63.2 Å². The topological polar surface area (TPSA) is 15.3 Å². The molecule has 1 saturated heterocycles. The monoisotopic (exact) mass is 266 g/mol. The Morgan fingerprint density at radius 1 is 1.39 bits per heavy atom. The van der Waals surface area contributed by atoms with E-state index < -0.39 is 0 Å². The van der Waals surface area contributed by atoms with Crippen molar-refractivity contribution in [3.8, 4) is 0 Å². The molecule has 0 saturated carbocycles. The van der Waals surface area contributed by atoms with Crippen LogP contribution in [0.15, 0.2) is 17.5 Å². The molecule has 1 aromatic rings. The number of nitrogens with zero attached hydrogens (tertiary/aromatic N) is 1. The highest BCUT2D eigenvalue weighted by atomic mass is 32.1. The van der Waals surface area contributed by atoms with Crippen molar-refractivity contribution >= 4 is 11.3 Å². The number of likely N-dealkylation sites (tertiary alicyclic amines) is 1. The van der Waals surface area contributed by atoms with E-state index in [-0.39, 0.29) is 0 Å². The molecule has 18 heavy (non-hydrogen) atoms. The molecule has 1 aromatic heterocycles. The summed E-state index contributed by atoms with van der Waals surface area (Å²) in [6, 6.07) is 5.13. The Labute approximate surface area is 115 Å². The van der Waals surface area contributed by atoms with Crippen LogP contribution in [0, 0.1) is 0 Å². The number of rotatable bonds is 6. The van der Waals surface area contributed by atoms with E-state index in [4.69, 9.17) is 0 Å². The predicted molar refractivity (Wildman–Crippen MR) is 80.4 cm³/mol. The minimum Gasteiger partial charge on any atom is -0.314 e. The first-order valence-electron chi connectivity index (χ1n) is 7.36. The zero-order chi connectivity index (χ0) is 12.6. The smallest absolute Gasteiger partial charge is 0.00798 e. The van der Waals surface area contributed by atoms with E-state index >= 15 is 0 Å². The summed E-state index contributed by atoms with van der Waals surface area (Å²) in [5.74, 6) is 0. The standard InChI is InChI=1S/C15H26N2S/c1-2-10-17-11-3-5-14(8-12-17)16-9-7-15-6-4-13-18-15/h4,6,13-14,16H,2-3,5,7-12H2,1H3. The fourth-order valence-electron chi connectivity index (χ4n) is 2.75. The van der Waals surface area contributed by atoms with Crippen molar-refractivity contribution in [1.82, 2.24) is 10.2 Å². The average molecular weight is 266 g/mol. The quantitative estimate of drug-likeness (QED) is 0.851. The molecule has 1 N–H and O–H groups in total. The average Bonchev–Trinajstić information content (AvgIpc) is 2.78. The summed E-state index contributed by atoms with van der Waals surface area (Å²) >= 11 is 1.87. The maximum Gasteiger partial charge on any atom is 0.00798 e. The summed E-state index contributed by atoms with van der Waals surface area (Å²) in [5.41, 5.74) is 0. The van der Waals surface area contributed by atoms with Crippen molar-refractivity contribution in [3.63, 3.8) is 0 Å². The van der Waals surface area contributed by atoms with Crippen LogP contribution in [0.4, 0.5) is 0 Å². The largest absolute Gasteiger partial charge is 0.314 e.